The molecule has 0 aromatic rings. The topological polar surface area (TPSA) is 27.7 Å². The lowest BCUT2D eigenvalue weighted by atomic mass is 10.1. The van der Waals surface area contributed by atoms with Crippen LogP contribution in [0.4, 0.5) is 0 Å². The van der Waals surface area contributed by atoms with E-state index in [9.17, 15) is 0 Å². The number of hydrogen-bond donors (Lipinski definition) is 0. The van der Waals surface area contributed by atoms with E-state index in [-0.39, 0.29) is 9.76 Å². The Morgan fingerprint density at radius 2 is 1.56 bits per heavy atom. The summed E-state index contributed by atoms with van der Waals surface area (Å²) in [5.74, 6) is 0. The highest BCUT2D eigenvalue weighted by atomic mass is 28.4. The highest BCUT2D eigenvalue weighted by molar-refractivity contribution is 6.44. The Balaban J connectivity index is 2.83. The first-order chi connectivity index (χ1) is 7.91. The van der Waals surface area contributed by atoms with Gasteiger partial charge in [0, 0.05) is 0 Å². The zero-order valence-electron chi connectivity index (χ0n) is 11.0. The highest BCUT2D eigenvalue weighted by Gasteiger charge is 1.93. The molecule has 0 amide bonds. The van der Waals surface area contributed by atoms with Crippen molar-refractivity contribution in [3.05, 3.63) is 0 Å². The molecule has 0 unspecified atom stereocenters. The first-order valence-corrected chi connectivity index (χ1v) is 11.3. The molecule has 0 N–H and O–H groups in total. The third-order valence-electron chi connectivity index (χ3n) is 2.51. The molecule has 0 bridgehead atoms. The van der Waals surface area contributed by atoms with Crippen molar-refractivity contribution in [3.8, 4) is 0 Å². The summed E-state index contributed by atoms with van der Waals surface area (Å²) in [5, 5.41) is 0. The number of rotatable bonds is 13. The minimum absolute atomic E-state index is 0.246. The highest BCUT2D eigenvalue weighted by Crippen LogP contribution is 2.08. The average molecular weight is 297 g/mol. The summed E-state index contributed by atoms with van der Waals surface area (Å²) < 4.78 is 16.0. The maximum Gasteiger partial charge on any atom is 0.284 e. The summed E-state index contributed by atoms with van der Waals surface area (Å²) >= 11 is 0. The van der Waals surface area contributed by atoms with Crippen molar-refractivity contribution in [1.29, 1.82) is 0 Å². The van der Waals surface area contributed by atoms with Gasteiger partial charge in [0.1, 0.15) is 20.2 Å². The van der Waals surface area contributed by atoms with Crippen LogP contribution >= 0.6 is 0 Å². The van der Waals surface area contributed by atoms with Crippen LogP contribution in [0.2, 0.25) is 6.04 Å². The smallest absolute Gasteiger partial charge is 0.284 e. The van der Waals surface area contributed by atoms with Crippen molar-refractivity contribution >= 4 is 40.3 Å². The van der Waals surface area contributed by atoms with Crippen LogP contribution < -0.4 is 0 Å². The molecule has 0 fully saturated rings. The summed E-state index contributed by atoms with van der Waals surface area (Å²) in [6, 6.07) is 1.34. The van der Waals surface area contributed by atoms with Gasteiger partial charge in [0.25, 0.3) is 20.0 Å². The van der Waals surface area contributed by atoms with Gasteiger partial charge in [0.2, 0.25) is 0 Å². The quantitative estimate of drug-likeness (QED) is 0.341. The summed E-state index contributed by atoms with van der Waals surface area (Å²) in [7, 11) is -0.664. The van der Waals surface area contributed by atoms with Gasteiger partial charge in [-0.15, -0.1) is 0 Å². The molecule has 3 nitrogen and oxygen atoms in total. The second-order valence-corrected chi connectivity index (χ2v) is 11.3. The lowest BCUT2D eigenvalue weighted by Crippen LogP contribution is -2.12. The second kappa shape index (κ2) is 15.7. The Labute approximate surface area is 111 Å². The van der Waals surface area contributed by atoms with E-state index in [1.54, 1.807) is 0 Å². The average Bonchev–Trinajstić information content (AvgIpc) is 2.31. The third kappa shape index (κ3) is 14.7. The number of unbranched alkanes of at least 4 members (excludes halogenated alkanes) is 6. The van der Waals surface area contributed by atoms with E-state index >= 15 is 0 Å². The maximum atomic E-state index is 5.61. The molecule has 0 heterocycles. The number of hydrogen-bond acceptors (Lipinski definition) is 3. The van der Waals surface area contributed by atoms with Gasteiger partial charge in [0.15, 0.2) is 0 Å². The van der Waals surface area contributed by atoms with Crippen molar-refractivity contribution in [2.24, 2.45) is 0 Å². The Hall–Kier alpha value is 0.748. The van der Waals surface area contributed by atoms with Gasteiger partial charge in [-0.3, -0.25) is 0 Å². The molecule has 7 heteroatoms. The van der Waals surface area contributed by atoms with E-state index < -0.39 is 20.0 Å². The fourth-order valence-corrected chi connectivity index (χ4v) is 7.39. The van der Waals surface area contributed by atoms with Gasteiger partial charge in [-0.2, -0.15) is 0 Å². The fourth-order valence-electron chi connectivity index (χ4n) is 1.57. The van der Waals surface area contributed by atoms with E-state index in [1.807, 2.05) is 0 Å². The Kier molecular flexibility index (Phi) is 16.5. The SMILES string of the molecule is CCCCCCCCC[SiH2]O[SiH2]O[SiH2]O[SiH3]. The first-order valence-electron chi connectivity index (χ1n) is 6.56. The van der Waals surface area contributed by atoms with Crippen molar-refractivity contribution in [2.45, 2.75) is 57.9 Å². The summed E-state index contributed by atoms with van der Waals surface area (Å²) in [6.07, 6.45) is 9.81. The van der Waals surface area contributed by atoms with Crippen molar-refractivity contribution in [3.63, 3.8) is 0 Å². The molecule has 0 aliphatic heterocycles. The van der Waals surface area contributed by atoms with E-state index in [2.05, 4.69) is 6.92 Å². The van der Waals surface area contributed by atoms with Crippen LogP contribution in [-0.4, -0.2) is 40.3 Å². The zero-order chi connectivity index (χ0) is 11.9. The Morgan fingerprint density at radius 1 is 0.875 bits per heavy atom. The zero-order valence-corrected chi connectivity index (χ0v) is 17.2. The Bertz CT molecular complexity index is 115. The van der Waals surface area contributed by atoms with Crippen molar-refractivity contribution < 1.29 is 12.3 Å². The minimum Gasteiger partial charge on any atom is -0.449 e. The standard InChI is InChI=1S/C9H28O3Si4/c1-2-3-4-5-6-7-8-9-14-11-16-12-15-10-13/h2-9,14-16H2,1,13H3. The van der Waals surface area contributed by atoms with Gasteiger partial charge in [-0.25, -0.2) is 0 Å². The van der Waals surface area contributed by atoms with Crippen LogP contribution in [0.1, 0.15) is 51.9 Å². The first kappa shape index (κ1) is 16.7. The van der Waals surface area contributed by atoms with E-state index in [0.29, 0.717) is 0 Å². The maximum absolute atomic E-state index is 5.61. The molecule has 0 aromatic heterocycles. The van der Waals surface area contributed by atoms with Crippen LogP contribution in [0.25, 0.3) is 0 Å². The summed E-state index contributed by atoms with van der Waals surface area (Å²) in [4.78, 5) is 0. The molecule has 98 valence electrons. The predicted octanol–water partition coefficient (Wildman–Crippen LogP) is -0.433. The van der Waals surface area contributed by atoms with Crippen molar-refractivity contribution in [1.82, 2.24) is 0 Å². The Morgan fingerprint density at radius 3 is 2.25 bits per heavy atom. The molecule has 0 saturated heterocycles. The van der Waals surface area contributed by atoms with E-state index in [0.717, 1.165) is 10.5 Å². The van der Waals surface area contributed by atoms with Gasteiger partial charge in [-0.1, -0.05) is 51.9 Å². The monoisotopic (exact) mass is 296 g/mol. The fraction of sp³-hybridized carbons (Fsp3) is 1.00. The lowest BCUT2D eigenvalue weighted by Gasteiger charge is -2.04. The largest absolute Gasteiger partial charge is 0.449 e. The minimum atomic E-state index is -0.630. The molecule has 0 saturated carbocycles. The van der Waals surface area contributed by atoms with Crippen LogP contribution in [0.5, 0.6) is 0 Å². The molecule has 0 aromatic carbocycles. The molecule has 0 aliphatic carbocycles. The van der Waals surface area contributed by atoms with Crippen LogP contribution in [0, 0.1) is 0 Å². The molecule has 0 rings (SSSR count). The normalized spacial score (nSPS) is 13.3. The molecular weight excluding hydrogens is 268 g/mol. The molecular formula is C9H28O3Si4. The molecule has 0 atom stereocenters. The molecule has 0 radical (unpaired) electrons. The van der Waals surface area contributed by atoms with Gasteiger partial charge in [0.05, 0.1) is 0 Å². The third-order valence-corrected chi connectivity index (χ3v) is 7.40. The summed E-state index contributed by atoms with van der Waals surface area (Å²) in [5.41, 5.74) is 0. The van der Waals surface area contributed by atoms with Crippen LogP contribution in [0.3, 0.4) is 0 Å². The van der Waals surface area contributed by atoms with Gasteiger partial charge < -0.3 is 12.3 Å². The van der Waals surface area contributed by atoms with E-state index in [4.69, 9.17) is 12.3 Å². The molecule has 0 spiro atoms. The van der Waals surface area contributed by atoms with E-state index in [1.165, 1.54) is 51.0 Å². The van der Waals surface area contributed by atoms with Crippen molar-refractivity contribution in [2.75, 3.05) is 0 Å². The molecule has 0 aliphatic rings. The van der Waals surface area contributed by atoms with Gasteiger partial charge in [-0.05, 0) is 6.04 Å². The van der Waals surface area contributed by atoms with Crippen LogP contribution in [-0.2, 0) is 12.3 Å². The molecule has 16 heavy (non-hydrogen) atoms. The van der Waals surface area contributed by atoms with Crippen LogP contribution in [0.15, 0.2) is 0 Å². The second-order valence-electron chi connectivity index (χ2n) is 4.11. The lowest BCUT2D eigenvalue weighted by molar-refractivity contribution is 0.437. The predicted molar refractivity (Wildman–Crippen MR) is 81.6 cm³/mol. The van der Waals surface area contributed by atoms with Gasteiger partial charge >= 0.3 is 0 Å². The summed E-state index contributed by atoms with van der Waals surface area (Å²) in [6.45, 7) is 2.27.